The van der Waals surface area contributed by atoms with Crippen LogP contribution < -0.4 is 5.32 Å². The van der Waals surface area contributed by atoms with Gasteiger partial charge >= 0.3 is 5.97 Å². The second-order valence-electron chi connectivity index (χ2n) is 3.21. The number of aromatic nitrogens is 2. The van der Waals surface area contributed by atoms with Gasteiger partial charge in [0.2, 0.25) is 5.82 Å². The van der Waals surface area contributed by atoms with Crippen LogP contribution in [0.3, 0.4) is 0 Å². The molecule has 1 heterocycles. The van der Waals surface area contributed by atoms with Crippen molar-refractivity contribution in [1.29, 1.82) is 0 Å². The molecule has 0 aromatic carbocycles. The van der Waals surface area contributed by atoms with Gasteiger partial charge in [0.05, 0.1) is 12.8 Å². The molecule has 1 N–H and O–H groups in total. The fraction of sp³-hybridized carbons (Fsp3) is 0.500. The summed E-state index contributed by atoms with van der Waals surface area (Å²) in [6.45, 7) is 3.99. The largest absolute Gasteiger partial charge is 0.463 e. The number of carbonyl (C=O) groups excluding carboxylic acids is 1. The summed E-state index contributed by atoms with van der Waals surface area (Å²) < 4.78 is 18.0. The van der Waals surface area contributed by atoms with Gasteiger partial charge in [0.1, 0.15) is 0 Å². The third-order valence-corrected chi connectivity index (χ3v) is 1.93. The average molecular weight is 227 g/mol. The number of esters is 1. The lowest BCUT2D eigenvalue weighted by Crippen LogP contribution is -2.14. The summed E-state index contributed by atoms with van der Waals surface area (Å²) >= 11 is 0. The monoisotopic (exact) mass is 227 g/mol. The molecule has 0 fully saturated rings. The Morgan fingerprint density at radius 1 is 1.50 bits per heavy atom. The van der Waals surface area contributed by atoms with Crippen LogP contribution in [0.5, 0.6) is 0 Å². The minimum absolute atomic E-state index is 0.0368. The van der Waals surface area contributed by atoms with Crippen molar-refractivity contribution in [2.75, 3.05) is 19.0 Å². The third kappa shape index (κ3) is 2.65. The van der Waals surface area contributed by atoms with Gasteiger partial charge in [-0.3, -0.25) is 0 Å². The van der Waals surface area contributed by atoms with Crippen molar-refractivity contribution >= 4 is 11.8 Å². The van der Waals surface area contributed by atoms with E-state index in [-0.39, 0.29) is 17.3 Å². The van der Waals surface area contributed by atoms with Gasteiger partial charge in [-0.1, -0.05) is 6.92 Å². The van der Waals surface area contributed by atoms with E-state index >= 15 is 0 Å². The molecule has 6 heteroatoms. The number of methoxy groups -OCH3 is 1. The Labute approximate surface area is 93.1 Å². The summed E-state index contributed by atoms with van der Waals surface area (Å²) in [5.41, 5.74) is 0.119. The van der Waals surface area contributed by atoms with Crippen LogP contribution in [0.15, 0.2) is 0 Å². The van der Waals surface area contributed by atoms with E-state index in [4.69, 9.17) is 0 Å². The number of nitrogens with one attached hydrogen (secondary N) is 1. The van der Waals surface area contributed by atoms with Gasteiger partial charge < -0.3 is 10.1 Å². The number of rotatable bonds is 4. The van der Waals surface area contributed by atoms with Crippen molar-refractivity contribution in [3.8, 4) is 0 Å². The molecule has 0 aliphatic carbocycles. The lowest BCUT2D eigenvalue weighted by atomic mass is 10.3. The highest BCUT2D eigenvalue weighted by atomic mass is 19.1. The molecule has 0 saturated heterocycles. The Balaban J connectivity index is 3.06. The SMILES string of the molecule is CCCNc1nc(C(=O)OC)nc(C)c1F. The van der Waals surface area contributed by atoms with Crippen molar-refractivity contribution < 1.29 is 13.9 Å². The highest BCUT2D eigenvalue weighted by Crippen LogP contribution is 2.14. The van der Waals surface area contributed by atoms with Gasteiger partial charge in [0, 0.05) is 6.54 Å². The molecule has 0 bridgehead atoms. The van der Waals surface area contributed by atoms with E-state index in [9.17, 15) is 9.18 Å². The van der Waals surface area contributed by atoms with Crippen molar-refractivity contribution in [2.24, 2.45) is 0 Å². The number of hydrogen-bond donors (Lipinski definition) is 1. The summed E-state index contributed by atoms with van der Waals surface area (Å²) in [4.78, 5) is 18.7. The second kappa shape index (κ2) is 5.39. The van der Waals surface area contributed by atoms with Gasteiger partial charge in [-0.05, 0) is 13.3 Å². The standard InChI is InChI=1S/C10H14FN3O2/c1-4-5-12-8-7(11)6(2)13-9(14-8)10(15)16-3/h4-5H2,1-3H3,(H,12,13,14). The topological polar surface area (TPSA) is 64.1 Å². The lowest BCUT2D eigenvalue weighted by Gasteiger charge is -2.08. The zero-order chi connectivity index (χ0) is 12.1. The van der Waals surface area contributed by atoms with Crippen LogP contribution >= 0.6 is 0 Å². The van der Waals surface area contributed by atoms with E-state index in [1.165, 1.54) is 14.0 Å². The van der Waals surface area contributed by atoms with Crippen LogP contribution in [0.2, 0.25) is 0 Å². The minimum atomic E-state index is -0.678. The average Bonchev–Trinajstić information content (AvgIpc) is 2.29. The van der Waals surface area contributed by atoms with Gasteiger partial charge in [-0.15, -0.1) is 0 Å². The van der Waals surface area contributed by atoms with Crippen LogP contribution in [0, 0.1) is 12.7 Å². The van der Waals surface area contributed by atoms with E-state index in [1.807, 2.05) is 6.92 Å². The van der Waals surface area contributed by atoms with E-state index < -0.39 is 11.8 Å². The molecule has 1 rings (SSSR count). The third-order valence-electron chi connectivity index (χ3n) is 1.93. The number of anilines is 1. The van der Waals surface area contributed by atoms with Crippen LogP contribution in [0.4, 0.5) is 10.2 Å². The van der Waals surface area contributed by atoms with Gasteiger partial charge in [0.25, 0.3) is 0 Å². The fourth-order valence-corrected chi connectivity index (χ4v) is 1.10. The van der Waals surface area contributed by atoms with E-state index in [1.54, 1.807) is 0 Å². The number of aryl methyl sites for hydroxylation is 1. The second-order valence-corrected chi connectivity index (χ2v) is 3.21. The number of carbonyl (C=O) groups is 1. The highest BCUT2D eigenvalue weighted by Gasteiger charge is 2.16. The van der Waals surface area contributed by atoms with Crippen LogP contribution in [-0.4, -0.2) is 29.6 Å². The normalized spacial score (nSPS) is 10.0. The molecule has 0 saturated carbocycles. The van der Waals surface area contributed by atoms with Crippen LogP contribution in [0.25, 0.3) is 0 Å². The number of ether oxygens (including phenoxy) is 1. The first kappa shape index (κ1) is 12.4. The fourth-order valence-electron chi connectivity index (χ4n) is 1.10. The number of hydrogen-bond acceptors (Lipinski definition) is 5. The predicted molar refractivity (Wildman–Crippen MR) is 56.8 cm³/mol. The highest BCUT2D eigenvalue weighted by molar-refractivity contribution is 5.85. The Hall–Kier alpha value is -1.72. The maximum atomic E-state index is 13.5. The maximum Gasteiger partial charge on any atom is 0.376 e. The molecule has 0 amide bonds. The molecule has 0 radical (unpaired) electrons. The molecule has 0 aliphatic heterocycles. The first-order valence-corrected chi connectivity index (χ1v) is 4.96. The molecular weight excluding hydrogens is 213 g/mol. The van der Waals surface area contributed by atoms with Crippen LogP contribution in [-0.2, 0) is 4.74 Å². The first-order valence-electron chi connectivity index (χ1n) is 4.96. The first-order chi connectivity index (χ1) is 7.60. The zero-order valence-corrected chi connectivity index (χ0v) is 9.50. The van der Waals surface area contributed by atoms with Gasteiger partial charge in [0.15, 0.2) is 11.6 Å². The minimum Gasteiger partial charge on any atom is -0.463 e. The van der Waals surface area contributed by atoms with E-state index in [2.05, 4.69) is 20.0 Å². The summed E-state index contributed by atoms with van der Waals surface area (Å²) in [6, 6.07) is 0. The Kier molecular flexibility index (Phi) is 4.16. The Morgan fingerprint density at radius 3 is 2.75 bits per heavy atom. The summed E-state index contributed by atoms with van der Waals surface area (Å²) in [5, 5.41) is 2.79. The number of nitrogens with zero attached hydrogens (tertiary/aromatic N) is 2. The molecular formula is C10H14FN3O2. The van der Waals surface area contributed by atoms with Crippen LogP contribution in [0.1, 0.15) is 29.7 Å². The van der Waals surface area contributed by atoms with Crippen molar-refractivity contribution in [1.82, 2.24) is 9.97 Å². The molecule has 16 heavy (non-hydrogen) atoms. The Bertz CT molecular complexity index is 396. The van der Waals surface area contributed by atoms with E-state index in [0.717, 1.165) is 6.42 Å². The molecule has 1 aromatic heterocycles. The van der Waals surface area contributed by atoms with Gasteiger partial charge in [-0.2, -0.15) is 0 Å². The smallest absolute Gasteiger partial charge is 0.376 e. The van der Waals surface area contributed by atoms with Crippen molar-refractivity contribution in [3.05, 3.63) is 17.3 Å². The molecule has 0 atom stereocenters. The van der Waals surface area contributed by atoms with E-state index in [0.29, 0.717) is 6.54 Å². The molecule has 5 nitrogen and oxygen atoms in total. The zero-order valence-electron chi connectivity index (χ0n) is 9.50. The molecule has 0 aliphatic rings. The Morgan fingerprint density at radius 2 is 2.19 bits per heavy atom. The lowest BCUT2D eigenvalue weighted by molar-refractivity contribution is 0.0586. The molecule has 0 spiro atoms. The predicted octanol–water partition coefficient (Wildman–Crippen LogP) is 1.53. The summed E-state index contributed by atoms with van der Waals surface area (Å²) in [7, 11) is 1.23. The molecule has 88 valence electrons. The quantitative estimate of drug-likeness (QED) is 0.790. The van der Waals surface area contributed by atoms with Crippen molar-refractivity contribution in [3.63, 3.8) is 0 Å². The maximum absolute atomic E-state index is 13.5. The summed E-state index contributed by atoms with van der Waals surface area (Å²) in [6.07, 6.45) is 0.829. The molecule has 0 unspecified atom stereocenters. The van der Waals surface area contributed by atoms with Gasteiger partial charge in [-0.25, -0.2) is 19.2 Å². The molecule has 1 aromatic rings. The number of halogens is 1. The summed E-state index contributed by atoms with van der Waals surface area (Å²) in [5.74, 6) is -1.32. The van der Waals surface area contributed by atoms with Crippen molar-refractivity contribution in [2.45, 2.75) is 20.3 Å².